The van der Waals surface area contributed by atoms with Gasteiger partial charge in [-0.3, -0.25) is 4.72 Å². The summed E-state index contributed by atoms with van der Waals surface area (Å²) >= 11 is 5.73. The number of esters is 1. The average Bonchev–Trinajstić information content (AvgIpc) is 2.54. The van der Waals surface area contributed by atoms with Crippen LogP contribution in [0.25, 0.3) is 0 Å². The van der Waals surface area contributed by atoms with Crippen molar-refractivity contribution in [2.75, 3.05) is 11.8 Å². The zero-order chi connectivity index (χ0) is 17.9. The summed E-state index contributed by atoms with van der Waals surface area (Å²) in [6.45, 7) is 0. The fraction of sp³-hybridized carbons (Fsp3) is 0.0667. The molecule has 0 saturated carbocycles. The summed E-state index contributed by atoms with van der Waals surface area (Å²) < 4.78 is 31.7. The molecule has 2 aromatic carbocycles. The van der Waals surface area contributed by atoms with E-state index in [1.54, 1.807) is 6.07 Å². The van der Waals surface area contributed by atoms with E-state index in [0.29, 0.717) is 0 Å². The Morgan fingerprint density at radius 2 is 1.79 bits per heavy atom. The lowest BCUT2D eigenvalue weighted by atomic mass is 10.2. The minimum absolute atomic E-state index is 0.0103. The lowest BCUT2D eigenvalue weighted by Crippen LogP contribution is -2.16. The number of carbonyl (C=O) groups is 2. The SMILES string of the molecule is COC(=O)c1ccccc1NS(=O)(=O)c1ccc(Cl)c(C(=O)O)c1. The lowest BCUT2D eigenvalue weighted by Gasteiger charge is -2.12. The van der Waals surface area contributed by atoms with Crippen molar-refractivity contribution in [2.24, 2.45) is 0 Å². The van der Waals surface area contributed by atoms with E-state index in [1.807, 2.05) is 0 Å². The molecule has 0 aromatic heterocycles. The molecule has 0 atom stereocenters. The highest BCUT2D eigenvalue weighted by Gasteiger charge is 2.21. The van der Waals surface area contributed by atoms with E-state index in [1.165, 1.54) is 31.4 Å². The van der Waals surface area contributed by atoms with Crippen LogP contribution in [0, 0.1) is 0 Å². The number of sulfonamides is 1. The van der Waals surface area contributed by atoms with Crippen molar-refractivity contribution in [1.29, 1.82) is 0 Å². The number of rotatable bonds is 5. The van der Waals surface area contributed by atoms with E-state index in [-0.39, 0.29) is 26.7 Å². The molecule has 0 fully saturated rings. The van der Waals surface area contributed by atoms with Crippen LogP contribution in [0.15, 0.2) is 47.4 Å². The zero-order valence-electron chi connectivity index (χ0n) is 12.3. The van der Waals surface area contributed by atoms with E-state index < -0.39 is 22.0 Å². The average molecular weight is 370 g/mol. The Morgan fingerprint density at radius 1 is 1.12 bits per heavy atom. The largest absolute Gasteiger partial charge is 0.478 e. The van der Waals surface area contributed by atoms with Gasteiger partial charge in [-0.2, -0.15) is 0 Å². The number of benzene rings is 2. The maximum absolute atomic E-state index is 12.5. The molecule has 0 radical (unpaired) electrons. The Bertz CT molecular complexity index is 910. The van der Waals surface area contributed by atoms with Gasteiger partial charge in [0.25, 0.3) is 10.0 Å². The number of ether oxygens (including phenoxy) is 1. The van der Waals surface area contributed by atoms with Crippen LogP contribution in [0.4, 0.5) is 5.69 Å². The van der Waals surface area contributed by atoms with E-state index >= 15 is 0 Å². The van der Waals surface area contributed by atoms with Gasteiger partial charge in [0.1, 0.15) is 0 Å². The van der Waals surface area contributed by atoms with Gasteiger partial charge in [-0.05, 0) is 30.3 Å². The van der Waals surface area contributed by atoms with Gasteiger partial charge in [0.15, 0.2) is 0 Å². The fourth-order valence-electron chi connectivity index (χ4n) is 1.90. The summed E-state index contributed by atoms with van der Waals surface area (Å²) in [6, 6.07) is 9.15. The first-order valence-electron chi connectivity index (χ1n) is 6.49. The molecule has 9 heteroatoms. The Hall–Kier alpha value is -2.58. The molecule has 2 aromatic rings. The molecule has 0 bridgehead atoms. The van der Waals surface area contributed by atoms with Crippen LogP contribution in [0.5, 0.6) is 0 Å². The van der Waals surface area contributed by atoms with Gasteiger partial charge in [-0.1, -0.05) is 23.7 Å². The lowest BCUT2D eigenvalue weighted by molar-refractivity contribution is 0.0601. The van der Waals surface area contributed by atoms with Crippen LogP contribution in [0.1, 0.15) is 20.7 Å². The summed E-state index contributed by atoms with van der Waals surface area (Å²) in [4.78, 5) is 22.5. The highest BCUT2D eigenvalue weighted by molar-refractivity contribution is 7.92. The van der Waals surface area contributed by atoms with Crippen LogP contribution < -0.4 is 4.72 Å². The summed E-state index contributed by atoms with van der Waals surface area (Å²) in [5.74, 6) is -2.07. The Balaban J connectivity index is 2.45. The topological polar surface area (TPSA) is 110 Å². The molecule has 2 rings (SSSR count). The van der Waals surface area contributed by atoms with Crippen molar-refractivity contribution in [2.45, 2.75) is 4.90 Å². The normalized spacial score (nSPS) is 10.9. The second-order valence-corrected chi connectivity index (χ2v) is 6.68. The van der Waals surface area contributed by atoms with E-state index in [2.05, 4.69) is 9.46 Å². The number of hydrogen-bond acceptors (Lipinski definition) is 5. The van der Waals surface area contributed by atoms with Gasteiger partial charge in [-0.15, -0.1) is 0 Å². The maximum atomic E-state index is 12.5. The highest BCUT2D eigenvalue weighted by Crippen LogP contribution is 2.24. The summed E-state index contributed by atoms with van der Waals surface area (Å²) in [5.41, 5.74) is -0.312. The number of carboxylic acid groups (broad SMARTS) is 1. The molecule has 126 valence electrons. The number of nitrogens with one attached hydrogen (secondary N) is 1. The standard InChI is InChI=1S/C15H12ClNO6S/c1-23-15(20)10-4-2-3-5-13(10)17-24(21,22)9-6-7-12(16)11(8-9)14(18)19/h2-8,17H,1H3,(H,18,19). The van der Waals surface area contributed by atoms with E-state index in [0.717, 1.165) is 12.1 Å². The third-order valence-corrected chi connectivity index (χ3v) is 4.75. The predicted molar refractivity (Wildman–Crippen MR) is 87.0 cm³/mol. The number of para-hydroxylation sites is 1. The molecule has 2 N–H and O–H groups in total. The number of methoxy groups -OCH3 is 1. The van der Waals surface area contributed by atoms with Gasteiger partial charge in [0, 0.05) is 0 Å². The van der Waals surface area contributed by atoms with Crippen molar-refractivity contribution in [3.05, 3.63) is 58.6 Å². The summed E-state index contributed by atoms with van der Waals surface area (Å²) in [7, 11) is -2.96. The van der Waals surface area contributed by atoms with Gasteiger partial charge in [0.05, 0.1) is 33.8 Å². The quantitative estimate of drug-likeness (QED) is 0.784. The minimum atomic E-state index is -4.13. The summed E-state index contributed by atoms with van der Waals surface area (Å²) in [5, 5.41) is 8.95. The number of carbonyl (C=O) groups excluding carboxylic acids is 1. The number of halogens is 1. The molecular formula is C15H12ClNO6S. The third-order valence-electron chi connectivity index (χ3n) is 3.06. The molecular weight excluding hydrogens is 358 g/mol. The van der Waals surface area contributed by atoms with E-state index in [9.17, 15) is 18.0 Å². The molecule has 0 aliphatic carbocycles. The molecule has 0 spiro atoms. The maximum Gasteiger partial charge on any atom is 0.339 e. The van der Waals surface area contributed by atoms with Crippen LogP contribution in [0.2, 0.25) is 5.02 Å². The molecule has 0 saturated heterocycles. The number of carboxylic acids is 1. The molecule has 0 amide bonds. The highest BCUT2D eigenvalue weighted by atomic mass is 35.5. The van der Waals surface area contributed by atoms with Gasteiger partial charge in [-0.25, -0.2) is 18.0 Å². The van der Waals surface area contributed by atoms with Crippen LogP contribution in [-0.4, -0.2) is 32.6 Å². The number of aromatic carboxylic acids is 1. The second-order valence-electron chi connectivity index (χ2n) is 4.59. The Labute approximate surface area is 142 Å². The van der Waals surface area contributed by atoms with Crippen molar-refractivity contribution < 1.29 is 27.9 Å². The minimum Gasteiger partial charge on any atom is -0.478 e. The van der Waals surface area contributed by atoms with Crippen LogP contribution in [0.3, 0.4) is 0 Å². The monoisotopic (exact) mass is 369 g/mol. The number of hydrogen-bond donors (Lipinski definition) is 2. The van der Waals surface area contributed by atoms with E-state index in [4.69, 9.17) is 16.7 Å². The number of anilines is 1. The molecule has 0 heterocycles. The molecule has 0 unspecified atom stereocenters. The van der Waals surface area contributed by atoms with Crippen molar-refractivity contribution in [3.63, 3.8) is 0 Å². The first kappa shape index (κ1) is 17.8. The molecule has 7 nitrogen and oxygen atoms in total. The van der Waals surface area contributed by atoms with Crippen molar-refractivity contribution in [1.82, 2.24) is 0 Å². The zero-order valence-corrected chi connectivity index (χ0v) is 13.9. The molecule has 0 aliphatic rings. The van der Waals surface area contributed by atoms with Gasteiger partial charge in [0.2, 0.25) is 0 Å². The summed E-state index contributed by atoms with van der Waals surface area (Å²) in [6.07, 6.45) is 0. The predicted octanol–water partition coefficient (Wildman–Crippen LogP) is 2.63. The smallest absolute Gasteiger partial charge is 0.339 e. The van der Waals surface area contributed by atoms with Crippen molar-refractivity contribution in [3.8, 4) is 0 Å². The molecule has 0 aliphatic heterocycles. The first-order valence-corrected chi connectivity index (χ1v) is 8.35. The molecule has 24 heavy (non-hydrogen) atoms. The van der Waals surface area contributed by atoms with Crippen LogP contribution >= 0.6 is 11.6 Å². The second kappa shape index (κ2) is 6.90. The Morgan fingerprint density at radius 3 is 2.42 bits per heavy atom. The fourth-order valence-corrected chi connectivity index (χ4v) is 3.20. The van der Waals surface area contributed by atoms with Gasteiger partial charge >= 0.3 is 11.9 Å². The Kier molecular flexibility index (Phi) is 5.10. The third kappa shape index (κ3) is 3.66. The first-order chi connectivity index (χ1) is 11.3. The van der Waals surface area contributed by atoms with Gasteiger partial charge < -0.3 is 9.84 Å². The van der Waals surface area contributed by atoms with Crippen LogP contribution in [-0.2, 0) is 14.8 Å². The van der Waals surface area contributed by atoms with Crippen molar-refractivity contribution >= 4 is 39.3 Å².